The first-order valence-corrected chi connectivity index (χ1v) is 7.05. The van der Waals surface area contributed by atoms with Crippen LogP contribution in [-0.2, 0) is 19.5 Å². The van der Waals surface area contributed by atoms with Gasteiger partial charge in [0.15, 0.2) is 0 Å². The van der Waals surface area contributed by atoms with Gasteiger partial charge in [0, 0.05) is 24.2 Å². The van der Waals surface area contributed by atoms with Crippen LogP contribution in [0.15, 0.2) is 37.1 Å². The van der Waals surface area contributed by atoms with Gasteiger partial charge < -0.3 is 0 Å². The Labute approximate surface area is 127 Å². The molecular weight excluding hydrogens is 288 g/mol. The monoisotopic (exact) mass is 302 g/mol. The molecule has 21 heavy (non-hydrogen) atoms. The Kier molecular flexibility index (Phi) is 3.96. The lowest BCUT2D eigenvalue weighted by molar-refractivity contribution is 0.605. The Morgan fingerprint density at radius 2 is 2.14 bits per heavy atom. The number of halogens is 1. The summed E-state index contributed by atoms with van der Waals surface area (Å²) in [6.45, 7) is 3.43. The maximum absolute atomic E-state index is 6.03. The number of nitrogens with zero attached hydrogens (tertiary/aromatic N) is 6. The van der Waals surface area contributed by atoms with Gasteiger partial charge in [-0.1, -0.05) is 28.9 Å². The molecule has 0 amide bonds. The number of aryl methyl sites for hydroxylation is 3. The number of hydrogen-bond acceptors (Lipinski definition) is 4. The molecule has 0 N–H and O–H groups in total. The lowest BCUT2D eigenvalue weighted by Crippen LogP contribution is -2.02. The van der Waals surface area contributed by atoms with E-state index in [4.69, 9.17) is 11.6 Å². The Balaban J connectivity index is 1.63. The Bertz CT molecular complexity index is 719. The molecule has 0 fully saturated rings. The molecule has 0 aliphatic rings. The van der Waals surface area contributed by atoms with Gasteiger partial charge in [-0.3, -0.25) is 4.68 Å². The van der Waals surface area contributed by atoms with Crippen molar-refractivity contribution >= 4 is 11.6 Å². The van der Waals surface area contributed by atoms with Crippen molar-refractivity contribution in [2.45, 2.75) is 26.4 Å². The van der Waals surface area contributed by atoms with Crippen molar-refractivity contribution in [3.63, 3.8) is 0 Å². The first-order chi connectivity index (χ1) is 10.2. The fourth-order valence-electron chi connectivity index (χ4n) is 2.10. The molecule has 2 aromatic heterocycles. The maximum atomic E-state index is 6.03. The van der Waals surface area contributed by atoms with E-state index in [2.05, 4.69) is 26.5 Å². The first-order valence-electron chi connectivity index (χ1n) is 6.67. The second kappa shape index (κ2) is 6.05. The average molecular weight is 303 g/mol. The summed E-state index contributed by atoms with van der Waals surface area (Å²) >= 11 is 6.03. The van der Waals surface area contributed by atoms with Crippen LogP contribution in [0, 0.1) is 6.92 Å². The highest BCUT2D eigenvalue weighted by molar-refractivity contribution is 6.31. The predicted octanol–water partition coefficient (Wildman–Crippen LogP) is 2.12. The third-order valence-electron chi connectivity index (χ3n) is 3.22. The summed E-state index contributed by atoms with van der Waals surface area (Å²) in [5, 5.41) is 13.2. The highest BCUT2D eigenvalue weighted by Crippen LogP contribution is 2.16. The van der Waals surface area contributed by atoms with Crippen molar-refractivity contribution in [1.29, 1.82) is 0 Å². The topological polar surface area (TPSA) is 61.4 Å². The normalized spacial score (nSPS) is 11.0. The SMILES string of the molecule is Cc1cc(Cn2cc(CCn3cncn3)nn2)ccc1Cl. The van der Waals surface area contributed by atoms with Crippen LogP contribution in [0.1, 0.15) is 16.8 Å². The van der Waals surface area contributed by atoms with Gasteiger partial charge in [0.1, 0.15) is 12.7 Å². The van der Waals surface area contributed by atoms with E-state index in [0.29, 0.717) is 6.54 Å². The van der Waals surface area contributed by atoms with Gasteiger partial charge in [-0.05, 0) is 24.1 Å². The van der Waals surface area contributed by atoms with Crippen molar-refractivity contribution in [1.82, 2.24) is 29.8 Å². The van der Waals surface area contributed by atoms with E-state index in [1.54, 1.807) is 11.0 Å². The molecular formula is C14H15ClN6. The summed E-state index contributed by atoms with van der Waals surface area (Å²) in [6, 6.07) is 5.99. The Hall–Kier alpha value is -2.21. The van der Waals surface area contributed by atoms with Crippen LogP contribution in [0.4, 0.5) is 0 Å². The van der Waals surface area contributed by atoms with Crippen LogP contribution in [0.3, 0.4) is 0 Å². The number of aromatic nitrogens is 6. The molecule has 0 aliphatic heterocycles. The standard InChI is InChI=1S/C14H15ClN6/c1-11-6-12(2-3-14(11)15)7-21-8-13(18-19-21)4-5-20-10-16-9-17-20/h2-3,6,8-10H,4-5,7H2,1H3. The number of rotatable bonds is 5. The summed E-state index contributed by atoms with van der Waals surface area (Å²) in [6.07, 6.45) is 5.96. The lowest BCUT2D eigenvalue weighted by atomic mass is 10.1. The van der Waals surface area contributed by atoms with Gasteiger partial charge >= 0.3 is 0 Å². The molecule has 0 unspecified atom stereocenters. The zero-order valence-electron chi connectivity index (χ0n) is 11.6. The minimum Gasteiger partial charge on any atom is -0.253 e. The minimum absolute atomic E-state index is 0.689. The van der Waals surface area contributed by atoms with Gasteiger partial charge in [0.25, 0.3) is 0 Å². The quantitative estimate of drug-likeness (QED) is 0.724. The molecule has 0 atom stereocenters. The molecule has 0 saturated carbocycles. The molecule has 2 heterocycles. The number of benzene rings is 1. The summed E-state index contributed by atoms with van der Waals surface area (Å²) in [4.78, 5) is 3.91. The van der Waals surface area contributed by atoms with Crippen LogP contribution in [0.25, 0.3) is 0 Å². The zero-order valence-corrected chi connectivity index (χ0v) is 12.4. The Morgan fingerprint density at radius 3 is 2.90 bits per heavy atom. The summed E-state index contributed by atoms with van der Waals surface area (Å²) in [5.74, 6) is 0. The van der Waals surface area contributed by atoms with Crippen LogP contribution < -0.4 is 0 Å². The van der Waals surface area contributed by atoms with Crippen molar-refractivity contribution in [2.24, 2.45) is 0 Å². The molecule has 7 heteroatoms. The van der Waals surface area contributed by atoms with E-state index >= 15 is 0 Å². The predicted molar refractivity (Wildman–Crippen MR) is 79.0 cm³/mol. The van der Waals surface area contributed by atoms with Crippen LogP contribution in [0.2, 0.25) is 5.02 Å². The van der Waals surface area contributed by atoms with Crippen molar-refractivity contribution < 1.29 is 0 Å². The van der Waals surface area contributed by atoms with Gasteiger partial charge in [-0.2, -0.15) is 5.10 Å². The third-order valence-corrected chi connectivity index (χ3v) is 3.64. The largest absolute Gasteiger partial charge is 0.253 e. The average Bonchev–Trinajstić information content (AvgIpc) is 3.12. The second-order valence-electron chi connectivity index (χ2n) is 4.90. The van der Waals surface area contributed by atoms with E-state index in [0.717, 1.165) is 34.8 Å². The zero-order chi connectivity index (χ0) is 14.7. The fraction of sp³-hybridized carbons (Fsp3) is 0.286. The summed E-state index contributed by atoms with van der Waals surface area (Å²) in [5.41, 5.74) is 3.17. The maximum Gasteiger partial charge on any atom is 0.137 e. The molecule has 0 radical (unpaired) electrons. The van der Waals surface area contributed by atoms with Crippen molar-refractivity contribution in [2.75, 3.05) is 0 Å². The summed E-state index contributed by atoms with van der Waals surface area (Å²) in [7, 11) is 0. The van der Waals surface area contributed by atoms with Crippen LogP contribution in [0.5, 0.6) is 0 Å². The molecule has 0 saturated heterocycles. The lowest BCUT2D eigenvalue weighted by Gasteiger charge is -2.03. The van der Waals surface area contributed by atoms with Gasteiger partial charge in [0.05, 0.1) is 12.2 Å². The molecule has 0 spiro atoms. The highest BCUT2D eigenvalue weighted by atomic mass is 35.5. The highest BCUT2D eigenvalue weighted by Gasteiger charge is 2.04. The van der Waals surface area contributed by atoms with E-state index in [1.807, 2.05) is 29.9 Å². The molecule has 0 aliphatic carbocycles. The first kappa shape index (κ1) is 13.8. The minimum atomic E-state index is 0.689. The third kappa shape index (κ3) is 3.46. The molecule has 108 valence electrons. The molecule has 6 nitrogen and oxygen atoms in total. The van der Waals surface area contributed by atoms with Gasteiger partial charge in [-0.25, -0.2) is 9.67 Å². The molecule has 1 aromatic carbocycles. The molecule has 3 aromatic rings. The number of hydrogen-bond donors (Lipinski definition) is 0. The van der Waals surface area contributed by atoms with Crippen LogP contribution in [-0.4, -0.2) is 29.8 Å². The van der Waals surface area contributed by atoms with E-state index in [9.17, 15) is 0 Å². The fourth-order valence-corrected chi connectivity index (χ4v) is 2.22. The van der Waals surface area contributed by atoms with Gasteiger partial charge in [0.2, 0.25) is 0 Å². The summed E-state index contributed by atoms with van der Waals surface area (Å²) < 4.78 is 3.61. The van der Waals surface area contributed by atoms with Crippen molar-refractivity contribution in [3.05, 3.63) is 58.9 Å². The smallest absolute Gasteiger partial charge is 0.137 e. The van der Waals surface area contributed by atoms with E-state index < -0.39 is 0 Å². The second-order valence-corrected chi connectivity index (χ2v) is 5.31. The molecule has 0 bridgehead atoms. The molecule has 3 rings (SSSR count). The van der Waals surface area contributed by atoms with Crippen molar-refractivity contribution in [3.8, 4) is 0 Å². The van der Waals surface area contributed by atoms with Gasteiger partial charge in [-0.15, -0.1) is 5.10 Å². The van der Waals surface area contributed by atoms with Crippen LogP contribution >= 0.6 is 11.6 Å². The van der Waals surface area contributed by atoms with E-state index in [-0.39, 0.29) is 0 Å². The van der Waals surface area contributed by atoms with E-state index in [1.165, 1.54) is 6.33 Å². The Morgan fingerprint density at radius 1 is 1.24 bits per heavy atom.